The Morgan fingerprint density at radius 3 is 1.79 bits per heavy atom. The quantitative estimate of drug-likeness (QED) is 0.202. The van der Waals surface area contributed by atoms with Gasteiger partial charge in [0.15, 0.2) is 0 Å². The molecule has 5 heteroatoms. The fourth-order valence-corrected chi connectivity index (χ4v) is 4.72. The van der Waals surface area contributed by atoms with Gasteiger partial charge in [-0.05, 0) is 35.2 Å². The second-order valence-corrected chi connectivity index (χ2v) is 9.82. The summed E-state index contributed by atoms with van der Waals surface area (Å²) in [4.78, 5) is 0. The van der Waals surface area contributed by atoms with Crippen molar-refractivity contribution >= 4 is 0 Å². The molecule has 0 unspecified atom stereocenters. The average Bonchev–Trinajstić information content (AvgIpc) is 2.98. The first-order valence-corrected chi connectivity index (χ1v) is 13.5. The summed E-state index contributed by atoms with van der Waals surface area (Å²) < 4.78 is 32.1. The number of hydrogen-bond donors (Lipinski definition) is 0. The van der Waals surface area contributed by atoms with Gasteiger partial charge in [-0.15, -0.1) is 0 Å². The average molecular weight is 525 g/mol. The molecule has 39 heavy (non-hydrogen) atoms. The molecule has 0 aromatic heterocycles. The third-order valence-corrected chi connectivity index (χ3v) is 6.82. The molecule has 4 aromatic carbocycles. The zero-order valence-electron chi connectivity index (χ0n) is 22.4. The van der Waals surface area contributed by atoms with E-state index < -0.39 is 6.29 Å². The molecule has 0 N–H and O–H groups in total. The fraction of sp³-hybridized carbons (Fsp3) is 0.294. The van der Waals surface area contributed by atoms with Crippen molar-refractivity contribution in [2.45, 2.75) is 57.8 Å². The van der Waals surface area contributed by atoms with Crippen molar-refractivity contribution in [3.63, 3.8) is 0 Å². The molecule has 0 saturated carbocycles. The number of aryl methyl sites for hydroxylation is 1. The summed E-state index contributed by atoms with van der Waals surface area (Å²) in [5, 5.41) is 0. The smallest absolute Gasteiger partial charge is 0.202 e. The van der Waals surface area contributed by atoms with Crippen LogP contribution in [0.5, 0.6) is 5.75 Å². The first kappa shape index (κ1) is 27.1. The highest BCUT2D eigenvalue weighted by Crippen LogP contribution is 2.30. The molecule has 1 aliphatic rings. The van der Waals surface area contributed by atoms with Gasteiger partial charge in [0.1, 0.15) is 18.0 Å². The Hall–Kier alpha value is -3.48. The van der Waals surface area contributed by atoms with Crippen LogP contribution in [0, 0.1) is 6.92 Å². The highest BCUT2D eigenvalue weighted by atomic mass is 16.7. The summed E-state index contributed by atoms with van der Waals surface area (Å²) in [5.74, 6) is 0.803. The largest absolute Gasteiger partial charge is 0.465 e. The third-order valence-electron chi connectivity index (χ3n) is 6.82. The monoisotopic (exact) mass is 524 g/mol. The van der Waals surface area contributed by atoms with Gasteiger partial charge in [0.2, 0.25) is 6.29 Å². The lowest BCUT2D eigenvalue weighted by atomic mass is 10.0. The van der Waals surface area contributed by atoms with Crippen molar-refractivity contribution in [2.24, 2.45) is 0 Å². The molecule has 4 atom stereocenters. The number of benzene rings is 4. The van der Waals surface area contributed by atoms with E-state index in [9.17, 15) is 0 Å². The van der Waals surface area contributed by atoms with Gasteiger partial charge >= 0.3 is 0 Å². The van der Waals surface area contributed by atoms with Gasteiger partial charge < -0.3 is 23.7 Å². The van der Waals surface area contributed by atoms with Crippen LogP contribution in [0.15, 0.2) is 115 Å². The fourth-order valence-electron chi connectivity index (χ4n) is 4.72. The molecule has 5 nitrogen and oxygen atoms in total. The summed E-state index contributed by atoms with van der Waals surface area (Å²) in [5.41, 5.74) is 4.38. The van der Waals surface area contributed by atoms with Crippen molar-refractivity contribution in [2.75, 3.05) is 6.61 Å². The van der Waals surface area contributed by atoms with Crippen LogP contribution >= 0.6 is 0 Å². The van der Waals surface area contributed by atoms with Crippen LogP contribution in [-0.4, -0.2) is 31.2 Å². The Balaban J connectivity index is 1.34. The SMILES string of the molecule is Cc1ccccc1O[C@H]1C[C@@H](OCc2ccccc2)[C@H](OCc2ccccc2)[C@@H](COCc2ccccc2)O1. The lowest BCUT2D eigenvalue weighted by molar-refractivity contribution is -0.257. The van der Waals surface area contributed by atoms with Crippen molar-refractivity contribution in [3.8, 4) is 5.75 Å². The predicted octanol–water partition coefficient (Wildman–Crippen LogP) is 6.88. The first-order chi connectivity index (χ1) is 19.2. The highest BCUT2D eigenvalue weighted by Gasteiger charge is 2.41. The second kappa shape index (κ2) is 14.1. The normalized spacial score (nSPS) is 20.9. The molecular weight excluding hydrogens is 488 g/mol. The molecule has 1 saturated heterocycles. The maximum atomic E-state index is 6.52. The minimum Gasteiger partial charge on any atom is -0.465 e. The molecule has 0 spiro atoms. The molecule has 0 amide bonds. The van der Waals surface area contributed by atoms with Crippen LogP contribution in [0.4, 0.5) is 0 Å². The summed E-state index contributed by atoms with van der Waals surface area (Å²) in [6.07, 6.45) is -0.909. The standard InChI is InChI=1S/C34H36O5/c1-26-13-11-12-20-30(26)38-33-21-31(36-23-28-16-7-3-8-17-28)34(37-24-29-18-9-4-10-19-29)32(39-33)25-35-22-27-14-5-2-6-15-27/h2-20,31-34H,21-25H2,1H3/t31-,32-,33-,34+/m1/s1. The van der Waals surface area contributed by atoms with E-state index in [-0.39, 0.29) is 18.3 Å². The van der Waals surface area contributed by atoms with E-state index in [0.29, 0.717) is 32.8 Å². The lowest BCUT2D eigenvalue weighted by Crippen LogP contribution is -2.53. The number of rotatable bonds is 12. The summed E-state index contributed by atoms with van der Waals surface area (Å²) in [7, 11) is 0. The molecule has 4 aromatic rings. The van der Waals surface area contributed by atoms with Crippen LogP contribution in [-0.2, 0) is 38.8 Å². The summed E-state index contributed by atoms with van der Waals surface area (Å²) >= 11 is 0. The van der Waals surface area contributed by atoms with E-state index >= 15 is 0 Å². The molecule has 1 heterocycles. The molecule has 0 aliphatic carbocycles. The Morgan fingerprint density at radius 2 is 1.18 bits per heavy atom. The molecule has 1 fully saturated rings. The van der Waals surface area contributed by atoms with Crippen molar-refractivity contribution in [1.82, 2.24) is 0 Å². The van der Waals surface area contributed by atoms with E-state index in [1.165, 1.54) is 0 Å². The Labute approximate surface area is 231 Å². The summed E-state index contributed by atoms with van der Waals surface area (Å²) in [6.45, 7) is 3.82. The topological polar surface area (TPSA) is 46.2 Å². The lowest BCUT2D eigenvalue weighted by Gasteiger charge is -2.41. The molecule has 1 aliphatic heterocycles. The van der Waals surface area contributed by atoms with E-state index in [4.69, 9.17) is 23.7 Å². The Bertz CT molecular complexity index is 1250. The van der Waals surface area contributed by atoms with Crippen molar-refractivity contribution in [3.05, 3.63) is 138 Å². The molecule has 5 rings (SSSR count). The first-order valence-electron chi connectivity index (χ1n) is 13.5. The predicted molar refractivity (Wildman–Crippen MR) is 151 cm³/mol. The van der Waals surface area contributed by atoms with Crippen LogP contribution in [0.2, 0.25) is 0 Å². The second-order valence-electron chi connectivity index (χ2n) is 9.82. The van der Waals surface area contributed by atoms with Gasteiger partial charge in [-0.25, -0.2) is 0 Å². The maximum absolute atomic E-state index is 6.52. The summed E-state index contributed by atoms with van der Waals surface area (Å²) in [6, 6.07) is 38.5. The zero-order chi connectivity index (χ0) is 26.7. The third kappa shape index (κ3) is 8.01. The van der Waals surface area contributed by atoms with Crippen LogP contribution in [0.1, 0.15) is 28.7 Å². The van der Waals surface area contributed by atoms with E-state index in [2.05, 4.69) is 36.4 Å². The van der Waals surface area contributed by atoms with Gasteiger partial charge in [0, 0.05) is 6.42 Å². The zero-order valence-corrected chi connectivity index (χ0v) is 22.4. The minimum absolute atomic E-state index is 0.248. The van der Waals surface area contributed by atoms with Gasteiger partial charge in [-0.3, -0.25) is 0 Å². The van der Waals surface area contributed by atoms with Crippen molar-refractivity contribution < 1.29 is 23.7 Å². The van der Waals surface area contributed by atoms with Gasteiger partial charge in [0.05, 0.1) is 32.5 Å². The molecular formula is C34H36O5. The number of para-hydroxylation sites is 1. The number of ether oxygens (including phenoxy) is 5. The Kier molecular flexibility index (Phi) is 9.77. The van der Waals surface area contributed by atoms with Gasteiger partial charge in [-0.1, -0.05) is 109 Å². The van der Waals surface area contributed by atoms with E-state index in [0.717, 1.165) is 28.0 Å². The van der Waals surface area contributed by atoms with Gasteiger partial charge in [-0.2, -0.15) is 0 Å². The van der Waals surface area contributed by atoms with Crippen LogP contribution in [0.25, 0.3) is 0 Å². The van der Waals surface area contributed by atoms with Crippen molar-refractivity contribution in [1.29, 1.82) is 0 Å². The van der Waals surface area contributed by atoms with Crippen LogP contribution in [0.3, 0.4) is 0 Å². The van der Waals surface area contributed by atoms with Crippen LogP contribution < -0.4 is 4.74 Å². The minimum atomic E-state index is -0.492. The molecule has 202 valence electrons. The van der Waals surface area contributed by atoms with E-state index in [1.807, 2.05) is 85.8 Å². The number of hydrogen-bond acceptors (Lipinski definition) is 5. The highest BCUT2D eigenvalue weighted by molar-refractivity contribution is 5.31. The maximum Gasteiger partial charge on any atom is 0.202 e. The Morgan fingerprint density at radius 1 is 0.641 bits per heavy atom. The molecule has 0 radical (unpaired) electrons. The molecule has 0 bridgehead atoms. The van der Waals surface area contributed by atoms with E-state index in [1.54, 1.807) is 0 Å². The van der Waals surface area contributed by atoms with Gasteiger partial charge in [0.25, 0.3) is 0 Å².